The highest BCUT2D eigenvalue weighted by Crippen LogP contribution is 2.61. The minimum atomic E-state index is 0.931. The first-order valence-electron chi connectivity index (χ1n) is 19.3. The Morgan fingerprint density at radius 2 is 0.450 bits per heavy atom. The second-order valence-corrected chi connectivity index (χ2v) is 19.8. The van der Waals surface area contributed by atoms with Crippen LogP contribution in [0.5, 0.6) is 0 Å². The second kappa shape index (κ2) is 13.1. The molecule has 0 nitrogen and oxygen atoms in total. The van der Waals surface area contributed by atoms with Crippen molar-refractivity contribution in [3.63, 3.8) is 0 Å². The summed E-state index contributed by atoms with van der Waals surface area (Å²) in [6.07, 6.45) is 0. The molecule has 0 heterocycles. The Balaban J connectivity index is 1.65. The van der Waals surface area contributed by atoms with Crippen LogP contribution in [-0.2, 0) is 0 Å². The first-order chi connectivity index (χ1) is 29.4. The molecule has 8 heteroatoms. The molecule has 13 aromatic carbocycles. The van der Waals surface area contributed by atoms with Gasteiger partial charge >= 0.3 is 0 Å². The van der Waals surface area contributed by atoms with E-state index in [0.29, 0.717) is 0 Å². The first-order valence-corrected chi connectivity index (χ1v) is 24.5. The van der Waals surface area contributed by atoms with Crippen molar-refractivity contribution in [2.24, 2.45) is 0 Å². The fraction of sp³-hybridized carbons (Fsp3) is 0. The highest BCUT2D eigenvalue weighted by atomic mass is 79.9. The molecule has 0 fully saturated rings. The van der Waals surface area contributed by atoms with Crippen LogP contribution in [-0.4, -0.2) is 0 Å². The van der Waals surface area contributed by atoms with E-state index in [1.807, 2.05) is 21.6 Å². The Bertz CT molecular complexity index is 4430. The molecule has 0 saturated carbocycles. The number of benzene rings is 13. The van der Waals surface area contributed by atoms with Gasteiger partial charge in [-0.3, -0.25) is 0 Å². The molecule has 0 aliphatic heterocycles. The van der Waals surface area contributed by atoms with Gasteiger partial charge in [0.2, 0.25) is 0 Å². The first kappa shape index (κ1) is 37.1. The van der Waals surface area contributed by atoms with Gasteiger partial charge in [0.15, 0.2) is 0 Å². The standard InChI is InChI=1S/C52H24Br4S4/c53-49-47-37-28-16-8-6-14-26(28)35-24-12-4-2-10-22(24)33-21-9-1-3-11-23(21)34-25-13-5-7-15-27(25)36-38-31(19-59)29(17-57)30(18-58)32(20-60)39(38)45(48(47)50(54)52(56)51(49)55)46-43(36)41(34)40(33)42(35)44(37)46/h1-20,57-60H. The summed E-state index contributed by atoms with van der Waals surface area (Å²) in [7, 11) is 0. The molecule has 0 N–H and O–H groups in total. The number of hydrogen-bond donors (Lipinski definition) is 4. The third-order valence-electron chi connectivity index (χ3n) is 13.3. The second-order valence-electron chi connectivity index (χ2n) is 15.6. The van der Waals surface area contributed by atoms with Crippen molar-refractivity contribution >= 4 is 265 Å². The molecule has 0 bridgehead atoms. The predicted molar refractivity (Wildman–Crippen MR) is 293 cm³/mol. The summed E-state index contributed by atoms with van der Waals surface area (Å²) >= 11 is 36.4. The molecular formula is C52H24Br4S4. The van der Waals surface area contributed by atoms with Gasteiger partial charge in [0.25, 0.3) is 0 Å². The molecule has 284 valence electrons. The van der Waals surface area contributed by atoms with Crippen molar-refractivity contribution in [2.45, 2.75) is 0 Å². The van der Waals surface area contributed by atoms with E-state index in [2.05, 4.69) is 161 Å². The van der Waals surface area contributed by atoms with Crippen molar-refractivity contribution in [3.8, 4) is 0 Å². The molecule has 0 atom stereocenters. The molecule has 0 radical (unpaired) electrons. The van der Waals surface area contributed by atoms with E-state index < -0.39 is 0 Å². The summed E-state index contributed by atoms with van der Waals surface area (Å²) in [5.74, 6) is 0. The molecule has 0 unspecified atom stereocenters. The molecule has 0 aliphatic rings. The summed E-state index contributed by atoms with van der Waals surface area (Å²) in [5.41, 5.74) is 0. The van der Waals surface area contributed by atoms with Crippen molar-refractivity contribution in [3.05, 3.63) is 136 Å². The lowest BCUT2D eigenvalue weighted by Gasteiger charge is -2.29. The van der Waals surface area contributed by atoms with Crippen LogP contribution in [0.15, 0.2) is 115 Å². The SMILES string of the molecule is SC=c1c(=CS)c(=CS)c2c(c1=CS)c1c3ccccc3c3c4ccccc4c4c5ccccc5c5c6ccccc6c6c7c(Br)c(Br)c(Br)c(Br)c7c2c2c6c5c4c3c12. The molecule has 0 saturated heterocycles. The van der Waals surface area contributed by atoms with Crippen molar-refractivity contribution in [1.82, 2.24) is 0 Å². The fourth-order valence-electron chi connectivity index (χ4n) is 11.3. The van der Waals surface area contributed by atoms with Crippen LogP contribution in [0.2, 0.25) is 0 Å². The van der Waals surface area contributed by atoms with E-state index in [4.69, 9.17) is 50.5 Å². The highest BCUT2D eigenvalue weighted by molar-refractivity contribution is 9.15. The smallest absolute Gasteiger partial charge is 0.0477 e. The molecule has 13 rings (SSSR count). The quantitative estimate of drug-likeness (QED) is 0.0376. The van der Waals surface area contributed by atoms with Gasteiger partial charge in [-0.2, -0.15) is 50.5 Å². The number of halogens is 4. The van der Waals surface area contributed by atoms with Crippen molar-refractivity contribution in [1.29, 1.82) is 0 Å². The van der Waals surface area contributed by atoms with E-state index in [1.54, 1.807) is 0 Å². The van der Waals surface area contributed by atoms with Crippen LogP contribution >= 0.6 is 114 Å². The number of hydrogen-bond acceptors (Lipinski definition) is 4. The lowest BCUT2D eigenvalue weighted by atomic mass is 9.74. The lowest BCUT2D eigenvalue weighted by Crippen LogP contribution is -2.48. The molecule has 0 amide bonds. The van der Waals surface area contributed by atoms with E-state index >= 15 is 0 Å². The van der Waals surface area contributed by atoms with Gasteiger partial charge in [0.05, 0.1) is 0 Å². The van der Waals surface area contributed by atoms with Gasteiger partial charge in [0.1, 0.15) is 0 Å². The average molecular weight is 1100 g/mol. The van der Waals surface area contributed by atoms with E-state index in [1.165, 1.54) is 102 Å². The van der Waals surface area contributed by atoms with Gasteiger partial charge < -0.3 is 0 Å². The Hall–Kier alpha value is -3.44. The molecular weight excluding hydrogens is 1070 g/mol. The van der Waals surface area contributed by atoms with Gasteiger partial charge in [-0.05, 0) is 214 Å². The molecule has 0 aromatic heterocycles. The van der Waals surface area contributed by atoms with Gasteiger partial charge in [-0.25, -0.2) is 0 Å². The molecule has 0 aliphatic carbocycles. The summed E-state index contributed by atoms with van der Waals surface area (Å²) < 4.78 is 3.82. The maximum Gasteiger partial charge on any atom is 0.0477 e. The zero-order chi connectivity index (χ0) is 40.6. The topological polar surface area (TPSA) is 0 Å². The average Bonchev–Trinajstić information content (AvgIpc) is 3.29. The van der Waals surface area contributed by atoms with Crippen LogP contribution in [0.25, 0.3) is 151 Å². The van der Waals surface area contributed by atoms with Crippen molar-refractivity contribution < 1.29 is 0 Å². The summed E-state index contributed by atoms with van der Waals surface area (Å²) in [6.45, 7) is 0. The third kappa shape index (κ3) is 4.22. The van der Waals surface area contributed by atoms with E-state index in [0.717, 1.165) is 65.7 Å². The maximum absolute atomic E-state index is 5.05. The molecule has 60 heavy (non-hydrogen) atoms. The zero-order valence-corrected chi connectivity index (χ0v) is 40.8. The predicted octanol–water partition coefficient (Wildman–Crippen LogP) is 15.6. The Morgan fingerprint density at radius 1 is 0.233 bits per heavy atom. The van der Waals surface area contributed by atoms with Crippen LogP contribution in [0.3, 0.4) is 0 Å². The lowest BCUT2D eigenvalue weighted by molar-refractivity contribution is 1.50. The normalized spacial score (nSPS) is 14.4. The number of rotatable bonds is 0. The summed E-state index contributed by atoms with van der Waals surface area (Å²) in [5, 5.41) is 40.9. The Kier molecular flexibility index (Phi) is 8.08. The Morgan fingerprint density at radius 3 is 0.767 bits per heavy atom. The van der Waals surface area contributed by atoms with Crippen LogP contribution < -0.4 is 20.9 Å². The number of fused-ring (bicyclic) bond motifs is 18. The van der Waals surface area contributed by atoms with Gasteiger partial charge in [0, 0.05) is 39.4 Å². The zero-order valence-electron chi connectivity index (χ0n) is 30.8. The Labute approximate surface area is 396 Å². The molecule has 0 spiro atoms. The van der Waals surface area contributed by atoms with Gasteiger partial charge in [-0.15, -0.1) is 0 Å². The van der Waals surface area contributed by atoms with E-state index in [-0.39, 0.29) is 0 Å². The van der Waals surface area contributed by atoms with E-state index in [9.17, 15) is 0 Å². The maximum atomic E-state index is 5.05. The van der Waals surface area contributed by atoms with Crippen LogP contribution in [0.4, 0.5) is 0 Å². The number of thiol groups is 4. The monoisotopic (exact) mass is 1090 g/mol. The largest absolute Gasteiger partial charge is 0.151 e. The highest BCUT2D eigenvalue weighted by Gasteiger charge is 2.32. The van der Waals surface area contributed by atoms with Crippen LogP contribution in [0.1, 0.15) is 0 Å². The third-order valence-corrected chi connectivity index (χ3v) is 19.1. The van der Waals surface area contributed by atoms with Crippen molar-refractivity contribution in [2.75, 3.05) is 0 Å². The summed E-state index contributed by atoms with van der Waals surface area (Å²) in [6, 6.07) is 36.2. The van der Waals surface area contributed by atoms with Gasteiger partial charge in [-0.1, -0.05) is 97.1 Å². The minimum absolute atomic E-state index is 0.931. The minimum Gasteiger partial charge on any atom is -0.151 e. The summed E-state index contributed by atoms with van der Waals surface area (Å²) in [4.78, 5) is 0. The molecule has 13 aromatic rings. The fourth-order valence-corrected chi connectivity index (χ4v) is 14.9. The van der Waals surface area contributed by atoms with Crippen LogP contribution in [0, 0.1) is 0 Å².